The highest BCUT2D eigenvalue weighted by Gasteiger charge is 2.31. The maximum atomic E-state index is 13.4. The third-order valence-corrected chi connectivity index (χ3v) is 8.19. The van der Waals surface area contributed by atoms with Crippen molar-refractivity contribution in [3.63, 3.8) is 0 Å². The summed E-state index contributed by atoms with van der Waals surface area (Å²) >= 11 is 1.49. The highest BCUT2D eigenvalue weighted by molar-refractivity contribution is 7.09. The number of nitrogens with zero attached hydrogens (tertiary/aromatic N) is 2. The molecule has 1 atom stereocenters. The Morgan fingerprint density at radius 3 is 2.44 bits per heavy atom. The van der Waals surface area contributed by atoms with Crippen LogP contribution >= 0.6 is 11.3 Å². The minimum Gasteiger partial charge on any atom is -0.348 e. The smallest absolute Gasteiger partial charge is 0.348 e. The van der Waals surface area contributed by atoms with E-state index < -0.39 is 11.7 Å². The number of halogens is 3. The zero-order valence-corrected chi connectivity index (χ0v) is 23.1. The summed E-state index contributed by atoms with van der Waals surface area (Å²) in [6, 6.07) is 12.0. The number of likely N-dealkylation sites (tertiary alicyclic amines) is 1. The molecule has 1 fully saturated rings. The number of carbonyl (C=O) groups is 2. The van der Waals surface area contributed by atoms with Crippen molar-refractivity contribution in [2.24, 2.45) is 0 Å². The molecule has 39 heavy (non-hydrogen) atoms. The van der Waals surface area contributed by atoms with Gasteiger partial charge in [0, 0.05) is 36.0 Å². The SMILES string of the molecule is CCCCCC(C)NC(=O)c1csc(C2CCN(C(=O)c3ccccc3-c3ccc(C(F)(F)F)cc3)CC2)n1. The molecule has 0 radical (unpaired) electrons. The van der Waals surface area contributed by atoms with Gasteiger partial charge < -0.3 is 10.2 Å². The van der Waals surface area contributed by atoms with Crippen molar-refractivity contribution in [3.8, 4) is 11.1 Å². The summed E-state index contributed by atoms with van der Waals surface area (Å²) in [6.07, 6.45) is 1.39. The molecule has 1 saturated heterocycles. The lowest BCUT2D eigenvalue weighted by Crippen LogP contribution is -2.38. The van der Waals surface area contributed by atoms with E-state index in [0.29, 0.717) is 35.5 Å². The van der Waals surface area contributed by atoms with E-state index in [1.54, 1.807) is 34.5 Å². The predicted octanol–water partition coefficient (Wildman–Crippen LogP) is 7.55. The molecule has 4 rings (SSSR count). The highest BCUT2D eigenvalue weighted by atomic mass is 32.1. The first-order chi connectivity index (χ1) is 18.7. The minimum atomic E-state index is -4.41. The second-order valence-corrected chi connectivity index (χ2v) is 11.0. The van der Waals surface area contributed by atoms with E-state index in [0.717, 1.165) is 55.7 Å². The molecule has 1 N–H and O–H groups in total. The Morgan fingerprint density at radius 2 is 1.77 bits per heavy atom. The summed E-state index contributed by atoms with van der Waals surface area (Å²) < 4.78 is 39.0. The van der Waals surface area contributed by atoms with Gasteiger partial charge >= 0.3 is 6.18 Å². The molecule has 0 bridgehead atoms. The zero-order chi connectivity index (χ0) is 28.0. The highest BCUT2D eigenvalue weighted by Crippen LogP contribution is 2.34. The Balaban J connectivity index is 1.37. The normalized spacial score (nSPS) is 15.3. The molecule has 1 unspecified atom stereocenters. The predicted molar refractivity (Wildman–Crippen MR) is 148 cm³/mol. The first-order valence-corrected chi connectivity index (χ1v) is 14.4. The fourth-order valence-electron chi connectivity index (χ4n) is 4.91. The average molecular weight is 558 g/mol. The Kier molecular flexibility index (Phi) is 9.43. The summed E-state index contributed by atoms with van der Waals surface area (Å²) in [7, 11) is 0. The lowest BCUT2D eigenvalue weighted by Gasteiger charge is -2.31. The van der Waals surface area contributed by atoms with Crippen LogP contribution in [0.25, 0.3) is 11.1 Å². The number of thiazole rings is 1. The quantitative estimate of drug-likeness (QED) is 0.276. The average Bonchev–Trinajstić information content (AvgIpc) is 3.43. The van der Waals surface area contributed by atoms with Crippen LogP contribution in [-0.4, -0.2) is 40.8 Å². The molecule has 1 aromatic heterocycles. The number of amides is 2. The molecule has 9 heteroatoms. The molecule has 1 aliphatic rings. The van der Waals surface area contributed by atoms with Crippen LogP contribution in [0, 0.1) is 0 Å². The maximum Gasteiger partial charge on any atom is 0.416 e. The molecule has 0 saturated carbocycles. The molecule has 0 aliphatic carbocycles. The molecule has 0 spiro atoms. The van der Waals surface area contributed by atoms with Gasteiger partial charge in [0.1, 0.15) is 5.69 Å². The fraction of sp³-hybridized carbons (Fsp3) is 0.433. The second-order valence-electron chi connectivity index (χ2n) is 10.1. The van der Waals surface area contributed by atoms with Crippen LogP contribution in [-0.2, 0) is 6.18 Å². The van der Waals surface area contributed by atoms with E-state index in [2.05, 4.69) is 17.2 Å². The van der Waals surface area contributed by atoms with Crippen LogP contribution in [0.2, 0.25) is 0 Å². The Morgan fingerprint density at radius 1 is 1.08 bits per heavy atom. The zero-order valence-electron chi connectivity index (χ0n) is 22.3. The minimum absolute atomic E-state index is 0.105. The lowest BCUT2D eigenvalue weighted by atomic mass is 9.94. The topological polar surface area (TPSA) is 62.3 Å². The van der Waals surface area contributed by atoms with Gasteiger partial charge in [0.25, 0.3) is 11.8 Å². The molecule has 3 aromatic rings. The van der Waals surface area contributed by atoms with Gasteiger partial charge in [-0.1, -0.05) is 56.5 Å². The van der Waals surface area contributed by atoms with Gasteiger partial charge in [-0.15, -0.1) is 11.3 Å². The van der Waals surface area contributed by atoms with Crippen LogP contribution in [0.5, 0.6) is 0 Å². The number of carbonyl (C=O) groups excluding carboxylic acids is 2. The van der Waals surface area contributed by atoms with Gasteiger partial charge in [-0.3, -0.25) is 9.59 Å². The summed E-state index contributed by atoms with van der Waals surface area (Å²) in [4.78, 5) is 32.5. The summed E-state index contributed by atoms with van der Waals surface area (Å²) in [5.41, 5.74) is 1.37. The summed E-state index contributed by atoms with van der Waals surface area (Å²) in [5.74, 6) is -0.109. The number of rotatable bonds is 9. The van der Waals surface area contributed by atoms with Crippen LogP contribution in [0.15, 0.2) is 53.9 Å². The lowest BCUT2D eigenvalue weighted by molar-refractivity contribution is -0.137. The third-order valence-electron chi connectivity index (χ3n) is 7.18. The molecule has 2 aromatic carbocycles. The number of aromatic nitrogens is 1. The van der Waals surface area contributed by atoms with Crippen molar-refractivity contribution in [2.45, 2.75) is 70.5 Å². The summed E-state index contributed by atoms with van der Waals surface area (Å²) in [6.45, 7) is 5.26. The fourth-order valence-corrected chi connectivity index (χ4v) is 5.88. The van der Waals surface area contributed by atoms with Gasteiger partial charge in [-0.25, -0.2) is 4.98 Å². The largest absolute Gasteiger partial charge is 0.416 e. The molecule has 1 aliphatic heterocycles. The van der Waals surface area contributed by atoms with E-state index in [-0.39, 0.29) is 23.8 Å². The van der Waals surface area contributed by atoms with E-state index >= 15 is 0 Å². The number of piperidine rings is 1. The summed E-state index contributed by atoms with van der Waals surface area (Å²) in [5, 5.41) is 5.76. The monoisotopic (exact) mass is 557 g/mol. The van der Waals surface area contributed by atoms with Crippen molar-refractivity contribution < 1.29 is 22.8 Å². The van der Waals surface area contributed by atoms with E-state index in [1.807, 2.05) is 6.92 Å². The van der Waals surface area contributed by atoms with Crippen molar-refractivity contribution in [1.82, 2.24) is 15.2 Å². The molecule has 2 amide bonds. The van der Waals surface area contributed by atoms with Crippen molar-refractivity contribution in [1.29, 1.82) is 0 Å². The number of benzene rings is 2. The molecule has 208 valence electrons. The molecular weight excluding hydrogens is 523 g/mol. The van der Waals surface area contributed by atoms with Gasteiger partial charge in [-0.05, 0) is 55.5 Å². The van der Waals surface area contributed by atoms with Crippen molar-refractivity contribution >= 4 is 23.2 Å². The van der Waals surface area contributed by atoms with Gasteiger partial charge in [0.2, 0.25) is 0 Å². The van der Waals surface area contributed by atoms with Gasteiger partial charge in [0.15, 0.2) is 0 Å². The first-order valence-electron chi connectivity index (χ1n) is 13.5. The van der Waals surface area contributed by atoms with Crippen LogP contribution in [0.1, 0.15) is 89.7 Å². The van der Waals surface area contributed by atoms with Crippen molar-refractivity contribution in [3.05, 3.63) is 75.7 Å². The first kappa shape index (κ1) is 28.8. The van der Waals surface area contributed by atoms with Crippen LogP contribution in [0.4, 0.5) is 13.2 Å². The standard InChI is InChI=1S/C30H34F3N3O2S/c1-3-4-5-8-20(2)34-27(37)26-19-39-28(35-26)22-15-17-36(18-16-22)29(38)25-10-7-6-9-24(25)21-11-13-23(14-12-21)30(31,32)33/h6-7,9-14,19-20,22H,3-5,8,15-18H2,1-2H3,(H,34,37). The van der Waals surface area contributed by atoms with Crippen LogP contribution in [0.3, 0.4) is 0 Å². The van der Waals surface area contributed by atoms with E-state index in [4.69, 9.17) is 0 Å². The number of nitrogens with one attached hydrogen (secondary N) is 1. The van der Waals surface area contributed by atoms with Gasteiger partial charge in [-0.2, -0.15) is 13.2 Å². The van der Waals surface area contributed by atoms with E-state index in [1.165, 1.54) is 23.5 Å². The van der Waals surface area contributed by atoms with Gasteiger partial charge in [0.05, 0.1) is 10.6 Å². The van der Waals surface area contributed by atoms with E-state index in [9.17, 15) is 22.8 Å². The second kappa shape index (κ2) is 12.8. The number of unbranched alkanes of at least 4 members (excludes halogenated alkanes) is 2. The number of hydrogen-bond donors (Lipinski definition) is 1. The Hall–Kier alpha value is -3.20. The van der Waals surface area contributed by atoms with Crippen LogP contribution < -0.4 is 5.32 Å². The molecule has 5 nitrogen and oxygen atoms in total. The Bertz CT molecular complexity index is 1260. The molecule has 2 heterocycles. The number of hydrogen-bond acceptors (Lipinski definition) is 4. The number of alkyl halides is 3. The third kappa shape index (κ3) is 7.26. The maximum absolute atomic E-state index is 13.4. The Labute approximate surface area is 231 Å². The molecular formula is C30H34F3N3O2S. The van der Waals surface area contributed by atoms with Crippen molar-refractivity contribution in [2.75, 3.05) is 13.1 Å².